The van der Waals surface area contributed by atoms with Crippen molar-refractivity contribution in [3.05, 3.63) is 23.7 Å². The van der Waals surface area contributed by atoms with Crippen molar-refractivity contribution in [1.82, 2.24) is 5.43 Å². The maximum Gasteiger partial charge on any atom is 0.211 e. The fraction of sp³-hybridized carbons (Fsp3) is 0.111. The molecule has 0 bridgehead atoms. The molecule has 0 aromatic carbocycles. The predicted molar refractivity (Wildman–Crippen MR) is 70.4 cm³/mol. The third-order valence-corrected chi connectivity index (χ3v) is 1.62. The van der Waals surface area contributed by atoms with Gasteiger partial charge in [0.25, 0.3) is 0 Å². The number of furan rings is 1. The molecule has 0 saturated heterocycles. The molecular formula is C9H14N8O. The summed E-state index contributed by atoms with van der Waals surface area (Å²) in [6.45, 7) is 0. The van der Waals surface area contributed by atoms with E-state index in [2.05, 4.69) is 25.7 Å². The molecule has 1 aromatic rings. The summed E-state index contributed by atoms with van der Waals surface area (Å²) in [6.07, 6.45) is 2.81. The quantitative estimate of drug-likeness (QED) is 0.299. The minimum Gasteiger partial charge on any atom is -0.454 e. The van der Waals surface area contributed by atoms with E-state index in [-0.39, 0.29) is 11.9 Å². The van der Waals surface area contributed by atoms with E-state index in [1.165, 1.54) is 12.4 Å². The Morgan fingerprint density at radius 1 is 1.22 bits per heavy atom. The lowest BCUT2D eigenvalue weighted by atomic mass is 10.4. The minimum atomic E-state index is -0.127. The van der Waals surface area contributed by atoms with Crippen LogP contribution < -0.4 is 22.6 Å². The van der Waals surface area contributed by atoms with Crippen LogP contribution in [0.3, 0.4) is 0 Å². The summed E-state index contributed by atoms with van der Waals surface area (Å²) in [6, 6.07) is 3.38. The molecule has 0 atom stereocenters. The number of rotatable bonds is 4. The topological polar surface area (TPSA) is 153 Å². The lowest BCUT2D eigenvalue weighted by Gasteiger charge is -1.94. The van der Waals surface area contributed by atoms with Crippen LogP contribution >= 0.6 is 0 Å². The second-order valence-corrected chi connectivity index (χ2v) is 2.99. The van der Waals surface area contributed by atoms with Crippen molar-refractivity contribution in [3.8, 4) is 0 Å². The van der Waals surface area contributed by atoms with Crippen molar-refractivity contribution >= 4 is 24.3 Å². The van der Waals surface area contributed by atoms with Gasteiger partial charge in [0.15, 0.2) is 0 Å². The largest absolute Gasteiger partial charge is 0.454 e. The molecule has 0 aliphatic heterocycles. The average molecular weight is 250 g/mol. The second kappa shape index (κ2) is 6.68. The molecule has 0 spiro atoms. The molecule has 0 aliphatic carbocycles. The van der Waals surface area contributed by atoms with Gasteiger partial charge in [-0.05, 0) is 12.1 Å². The summed E-state index contributed by atoms with van der Waals surface area (Å²) in [5.41, 5.74) is 18.1. The molecule has 0 saturated carbocycles. The third-order valence-electron chi connectivity index (χ3n) is 1.62. The van der Waals surface area contributed by atoms with E-state index in [9.17, 15) is 0 Å². The molecule has 96 valence electrons. The Bertz CT molecular complexity index is 494. The van der Waals surface area contributed by atoms with E-state index in [0.717, 1.165) is 0 Å². The standard InChI is InChI=1S/C9H14N8O/c1-13-9(12)17-15-5-7-3-2-6(18-7)4-14-16-8(10)11/h2-5H,1H3,(H4,10,11,16)(H3,12,13,17)/b14-4+,15-5+. The van der Waals surface area contributed by atoms with Gasteiger partial charge in [0.1, 0.15) is 11.5 Å². The SMILES string of the molecule is CN=C(N)N/N=C/c1ccc(/C=N/N=C(N)N)o1. The first-order valence-electron chi connectivity index (χ1n) is 4.85. The number of guanidine groups is 2. The Balaban J connectivity index is 2.58. The summed E-state index contributed by atoms with van der Waals surface area (Å²) in [4.78, 5) is 3.66. The number of nitrogens with zero attached hydrogens (tertiary/aromatic N) is 4. The third kappa shape index (κ3) is 4.79. The Labute approximate surface area is 103 Å². The van der Waals surface area contributed by atoms with Crippen LogP contribution in [0.5, 0.6) is 0 Å². The summed E-state index contributed by atoms with van der Waals surface area (Å²) in [7, 11) is 1.54. The van der Waals surface area contributed by atoms with Crippen molar-refractivity contribution < 1.29 is 4.42 Å². The van der Waals surface area contributed by atoms with Gasteiger partial charge in [0.05, 0.1) is 12.4 Å². The highest BCUT2D eigenvalue weighted by Crippen LogP contribution is 2.02. The van der Waals surface area contributed by atoms with Crippen LogP contribution in [0.1, 0.15) is 11.5 Å². The Morgan fingerprint density at radius 3 is 2.50 bits per heavy atom. The molecule has 1 heterocycles. The number of hydrogen-bond acceptors (Lipinski definition) is 5. The van der Waals surface area contributed by atoms with E-state index < -0.39 is 0 Å². The maximum atomic E-state index is 5.37. The van der Waals surface area contributed by atoms with Crippen LogP contribution in [0, 0.1) is 0 Å². The normalized spacial score (nSPS) is 12.2. The number of nitrogens with two attached hydrogens (primary N) is 3. The van der Waals surface area contributed by atoms with E-state index in [1.807, 2.05) is 0 Å². The van der Waals surface area contributed by atoms with Gasteiger partial charge < -0.3 is 21.6 Å². The zero-order valence-electron chi connectivity index (χ0n) is 9.74. The van der Waals surface area contributed by atoms with Crippen LogP contribution in [-0.4, -0.2) is 31.4 Å². The summed E-state index contributed by atoms with van der Waals surface area (Å²) in [5, 5.41) is 10.8. The van der Waals surface area contributed by atoms with Crippen LogP contribution in [0.4, 0.5) is 0 Å². The number of hydrazone groups is 1. The fourth-order valence-electron chi connectivity index (χ4n) is 0.872. The first-order chi connectivity index (χ1) is 8.61. The lowest BCUT2D eigenvalue weighted by Crippen LogP contribution is -2.26. The molecule has 0 fully saturated rings. The molecule has 0 radical (unpaired) electrons. The van der Waals surface area contributed by atoms with Gasteiger partial charge in [-0.2, -0.15) is 10.2 Å². The molecule has 9 nitrogen and oxygen atoms in total. The first kappa shape index (κ1) is 13.2. The van der Waals surface area contributed by atoms with Crippen molar-refractivity contribution in [2.24, 2.45) is 37.5 Å². The van der Waals surface area contributed by atoms with Gasteiger partial charge >= 0.3 is 0 Å². The van der Waals surface area contributed by atoms with Crippen molar-refractivity contribution in [2.75, 3.05) is 7.05 Å². The second-order valence-electron chi connectivity index (χ2n) is 2.99. The van der Waals surface area contributed by atoms with Crippen molar-refractivity contribution in [3.63, 3.8) is 0 Å². The number of aliphatic imine (C=N–C) groups is 1. The number of hydrogen-bond donors (Lipinski definition) is 4. The zero-order valence-corrected chi connectivity index (χ0v) is 9.74. The Morgan fingerprint density at radius 2 is 1.89 bits per heavy atom. The van der Waals surface area contributed by atoms with E-state index in [1.54, 1.807) is 19.2 Å². The smallest absolute Gasteiger partial charge is 0.211 e. The highest BCUT2D eigenvalue weighted by Gasteiger charge is 1.96. The molecule has 0 amide bonds. The summed E-state index contributed by atoms with van der Waals surface area (Å²) >= 11 is 0. The van der Waals surface area contributed by atoms with Gasteiger partial charge in [-0.15, -0.1) is 5.10 Å². The van der Waals surface area contributed by atoms with Gasteiger partial charge in [-0.3, -0.25) is 4.99 Å². The highest BCUT2D eigenvalue weighted by atomic mass is 16.3. The van der Waals surface area contributed by atoms with E-state index >= 15 is 0 Å². The summed E-state index contributed by atoms with van der Waals surface area (Å²) in [5.74, 6) is 1.07. The number of nitrogens with one attached hydrogen (secondary N) is 1. The lowest BCUT2D eigenvalue weighted by molar-refractivity contribution is 0.552. The van der Waals surface area contributed by atoms with Crippen LogP contribution in [0.25, 0.3) is 0 Å². The Kier molecular flexibility index (Phi) is 4.91. The van der Waals surface area contributed by atoms with E-state index in [0.29, 0.717) is 11.5 Å². The minimum absolute atomic E-state index is 0.127. The van der Waals surface area contributed by atoms with Gasteiger partial charge in [0.2, 0.25) is 11.9 Å². The molecule has 7 N–H and O–H groups in total. The monoisotopic (exact) mass is 250 g/mol. The molecule has 18 heavy (non-hydrogen) atoms. The zero-order chi connectivity index (χ0) is 13.4. The molecule has 1 aromatic heterocycles. The highest BCUT2D eigenvalue weighted by molar-refractivity contribution is 5.83. The Hall–Kier alpha value is -2.84. The maximum absolute atomic E-state index is 5.37. The molecule has 9 heteroatoms. The predicted octanol–water partition coefficient (Wildman–Crippen LogP) is -1.25. The molecular weight excluding hydrogens is 236 g/mol. The first-order valence-corrected chi connectivity index (χ1v) is 4.85. The van der Waals surface area contributed by atoms with Gasteiger partial charge in [-0.1, -0.05) is 0 Å². The van der Waals surface area contributed by atoms with Gasteiger partial charge in [-0.25, -0.2) is 5.43 Å². The summed E-state index contributed by atoms with van der Waals surface area (Å²) < 4.78 is 5.31. The van der Waals surface area contributed by atoms with E-state index in [4.69, 9.17) is 21.6 Å². The van der Waals surface area contributed by atoms with Crippen molar-refractivity contribution in [2.45, 2.75) is 0 Å². The van der Waals surface area contributed by atoms with Crippen LogP contribution in [0.2, 0.25) is 0 Å². The average Bonchev–Trinajstić information content (AvgIpc) is 2.76. The van der Waals surface area contributed by atoms with Crippen molar-refractivity contribution in [1.29, 1.82) is 0 Å². The molecule has 0 aliphatic rings. The fourth-order valence-corrected chi connectivity index (χ4v) is 0.872. The molecule has 1 rings (SSSR count). The van der Waals surface area contributed by atoms with Gasteiger partial charge in [0, 0.05) is 7.05 Å². The molecule has 0 unspecified atom stereocenters. The van der Waals surface area contributed by atoms with Crippen LogP contribution in [0.15, 0.2) is 36.8 Å². The van der Waals surface area contributed by atoms with Crippen LogP contribution in [-0.2, 0) is 0 Å².